The van der Waals surface area contributed by atoms with Gasteiger partial charge in [0.25, 0.3) is 0 Å². The number of methoxy groups -OCH3 is 1. The summed E-state index contributed by atoms with van der Waals surface area (Å²) in [4.78, 5) is 15.9. The van der Waals surface area contributed by atoms with Gasteiger partial charge in [-0.2, -0.15) is 18.3 Å². The van der Waals surface area contributed by atoms with E-state index in [0.29, 0.717) is 12.1 Å². The van der Waals surface area contributed by atoms with E-state index in [4.69, 9.17) is 4.74 Å². The largest absolute Gasteiger partial charge is 0.467 e. The minimum atomic E-state index is -5.02. The number of alkyl halides is 3. The van der Waals surface area contributed by atoms with Crippen molar-refractivity contribution in [3.8, 4) is 11.5 Å². The van der Waals surface area contributed by atoms with Crippen LogP contribution >= 0.6 is 0 Å². The van der Waals surface area contributed by atoms with Crippen molar-refractivity contribution < 1.29 is 41.3 Å². The number of halogens is 5. The molecule has 1 heterocycles. The van der Waals surface area contributed by atoms with Crippen molar-refractivity contribution >= 4 is 5.97 Å². The third-order valence-corrected chi connectivity index (χ3v) is 4.25. The first-order valence-electron chi connectivity index (χ1n) is 8.52. The first kappa shape index (κ1) is 22.2. The van der Waals surface area contributed by atoms with Crippen LogP contribution in [0, 0.1) is 11.6 Å². The Hall–Kier alpha value is -3.54. The SMILES string of the molecule is COC(=O)C(O)(Cn1cncn1)c1ccc(Oc2ccc(F)c(F)c2)cc1C(F)(F)F. The number of hydrogen-bond acceptors (Lipinski definition) is 6. The standard InChI is InChI=1S/C19H14F5N3O4/c1-30-17(28)18(29,8-27-10-25-9-26-27)13-4-2-11(6-14(13)19(22,23)24)31-12-3-5-15(20)16(21)7-12/h2-7,9-10,29H,8H2,1H3. The van der Waals surface area contributed by atoms with Crippen molar-refractivity contribution in [3.63, 3.8) is 0 Å². The molecule has 0 saturated heterocycles. The second kappa shape index (κ2) is 8.30. The molecule has 1 atom stereocenters. The van der Waals surface area contributed by atoms with Crippen LogP contribution in [-0.2, 0) is 27.9 Å². The first-order chi connectivity index (χ1) is 14.5. The molecule has 0 spiro atoms. The first-order valence-corrected chi connectivity index (χ1v) is 8.52. The lowest BCUT2D eigenvalue weighted by atomic mass is 9.89. The molecule has 0 aliphatic heterocycles. The highest BCUT2D eigenvalue weighted by Crippen LogP contribution is 2.40. The third kappa shape index (κ3) is 4.63. The van der Waals surface area contributed by atoms with Crippen LogP contribution in [0.15, 0.2) is 49.1 Å². The molecule has 31 heavy (non-hydrogen) atoms. The minimum absolute atomic E-state index is 0.259. The average Bonchev–Trinajstić information content (AvgIpc) is 3.22. The van der Waals surface area contributed by atoms with Gasteiger partial charge in [-0.3, -0.25) is 0 Å². The van der Waals surface area contributed by atoms with Gasteiger partial charge in [0, 0.05) is 11.6 Å². The van der Waals surface area contributed by atoms with Gasteiger partial charge >= 0.3 is 12.1 Å². The Morgan fingerprint density at radius 2 is 1.74 bits per heavy atom. The van der Waals surface area contributed by atoms with Crippen LogP contribution < -0.4 is 4.74 Å². The van der Waals surface area contributed by atoms with E-state index in [0.717, 1.165) is 48.7 Å². The van der Waals surface area contributed by atoms with Crippen molar-refractivity contribution in [2.75, 3.05) is 7.11 Å². The lowest BCUT2D eigenvalue weighted by molar-refractivity contribution is -0.168. The van der Waals surface area contributed by atoms with E-state index < -0.39 is 52.8 Å². The summed E-state index contributed by atoms with van der Waals surface area (Å²) >= 11 is 0. The quantitative estimate of drug-likeness (QED) is 0.464. The number of hydrogen-bond donors (Lipinski definition) is 1. The predicted molar refractivity (Wildman–Crippen MR) is 93.8 cm³/mol. The Morgan fingerprint density at radius 3 is 2.32 bits per heavy atom. The molecule has 0 aliphatic rings. The van der Waals surface area contributed by atoms with Gasteiger partial charge in [0.1, 0.15) is 24.2 Å². The Morgan fingerprint density at radius 1 is 1.06 bits per heavy atom. The third-order valence-electron chi connectivity index (χ3n) is 4.25. The van der Waals surface area contributed by atoms with Gasteiger partial charge in [0.15, 0.2) is 11.6 Å². The van der Waals surface area contributed by atoms with Gasteiger partial charge in [-0.25, -0.2) is 23.2 Å². The fraction of sp³-hybridized carbons (Fsp3) is 0.211. The number of rotatable bonds is 6. The molecule has 0 saturated carbocycles. The van der Waals surface area contributed by atoms with Crippen LogP contribution in [0.25, 0.3) is 0 Å². The van der Waals surface area contributed by atoms with Crippen molar-refractivity contribution in [2.24, 2.45) is 0 Å². The molecule has 7 nitrogen and oxygen atoms in total. The Balaban J connectivity index is 2.07. The number of carbonyl (C=O) groups excluding carboxylic acids is 1. The number of esters is 1. The number of aliphatic hydroxyl groups is 1. The van der Waals surface area contributed by atoms with E-state index in [9.17, 15) is 31.9 Å². The topological polar surface area (TPSA) is 86.5 Å². The fourth-order valence-corrected chi connectivity index (χ4v) is 2.84. The Bertz CT molecular complexity index is 1090. The van der Waals surface area contributed by atoms with E-state index in [1.54, 1.807) is 0 Å². The van der Waals surface area contributed by atoms with E-state index in [-0.39, 0.29) is 5.75 Å². The van der Waals surface area contributed by atoms with Crippen LogP contribution in [0.3, 0.4) is 0 Å². The molecule has 164 valence electrons. The molecule has 2 aromatic carbocycles. The van der Waals surface area contributed by atoms with Crippen molar-refractivity contribution in [1.82, 2.24) is 14.8 Å². The molecule has 1 aromatic heterocycles. The average molecular weight is 443 g/mol. The maximum absolute atomic E-state index is 13.8. The second-order valence-electron chi connectivity index (χ2n) is 6.33. The van der Waals surface area contributed by atoms with Crippen molar-refractivity contribution in [1.29, 1.82) is 0 Å². The number of carbonyl (C=O) groups is 1. The smallest absolute Gasteiger partial charge is 0.416 e. The molecule has 3 aromatic rings. The Labute approximate surface area is 171 Å². The summed E-state index contributed by atoms with van der Waals surface area (Å²) in [6.07, 6.45) is -2.85. The summed E-state index contributed by atoms with van der Waals surface area (Å²) in [5, 5.41) is 14.6. The Kier molecular flexibility index (Phi) is 5.93. The molecular formula is C19H14F5N3O4. The molecule has 1 unspecified atom stereocenters. The van der Waals surface area contributed by atoms with Crippen LogP contribution in [0.2, 0.25) is 0 Å². The molecule has 1 N–H and O–H groups in total. The van der Waals surface area contributed by atoms with Gasteiger partial charge in [0.2, 0.25) is 5.60 Å². The molecule has 0 aliphatic carbocycles. The minimum Gasteiger partial charge on any atom is -0.467 e. The molecular weight excluding hydrogens is 429 g/mol. The zero-order chi connectivity index (χ0) is 22.8. The van der Waals surface area contributed by atoms with Crippen molar-refractivity contribution in [2.45, 2.75) is 18.3 Å². The van der Waals surface area contributed by atoms with E-state index in [1.807, 2.05) is 0 Å². The number of nitrogens with zero attached hydrogens (tertiary/aromatic N) is 3. The van der Waals surface area contributed by atoms with E-state index >= 15 is 0 Å². The normalized spacial score (nSPS) is 13.5. The molecule has 3 rings (SSSR count). The summed E-state index contributed by atoms with van der Waals surface area (Å²) in [7, 11) is 0.905. The number of benzene rings is 2. The zero-order valence-electron chi connectivity index (χ0n) is 15.7. The van der Waals surface area contributed by atoms with Gasteiger partial charge < -0.3 is 14.6 Å². The van der Waals surface area contributed by atoms with Gasteiger partial charge in [-0.1, -0.05) is 6.07 Å². The molecule has 12 heteroatoms. The summed E-state index contributed by atoms with van der Waals surface area (Å²) in [6.45, 7) is -0.716. The van der Waals surface area contributed by atoms with Gasteiger partial charge in [-0.05, 0) is 24.3 Å². The summed E-state index contributed by atoms with van der Waals surface area (Å²) in [5.41, 5.74) is -4.99. The maximum atomic E-state index is 13.8. The highest BCUT2D eigenvalue weighted by Gasteiger charge is 2.47. The van der Waals surface area contributed by atoms with E-state index in [2.05, 4.69) is 14.8 Å². The lowest BCUT2D eigenvalue weighted by Crippen LogP contribution is -2.42. The van der Waals surface area contributed by atoms with Gasteiger partial charge in [-0.15, -0.1) is 0 Å². The number of ether oxygens (including phenoxy) is 2. The molecule has 0 amide bonds. The number of aromatic nitrogens is 3. The lowest BCUT2D eigenvalue weighted by Gasteiger charge is -2.28. The highest BCUT2D eigenvalue weighted by atomic mass is 19.4. The summed E-state index contributed by atoms with van der Waals surface area (Å²) < 4.78 is 78.4. The fourth-order valence-electron chi connectivity index (χ4n) is 2.84. The predicted octanol–water partition coefficient (Wildman–Crippen LogP) is 3.43. The maximum Gasteiger partial charge on any atom is 0.416 e. The second-order valence-corrected chi connectivity index (χ2v) is 6.33. The molecule has 0 radical (unpaired) electrons. The van der Waals surface area contributed by atoms with Gasteiger partial charge in [0.05, 0.1) is 19.2 Å². The monoisotopic (exact) mass is 443 g/mol. The summed E-state index contributed by atoms with van der Waals surface area (Å²) in [5.74, 6) is -4.42. The van der Waals surface area contributed by atoms with Crippen LogP contribution in [0.5, 0.6) is 11.5 Å². The molecule has 0 bridgehead atoms. The van der Waals surface area contributed by atoms with Crippen LogP contribution in [0.1, 0.15) is 11.1 Å². The van der Waals surface area contributed by atoms with Crippen LogP contribution in [0.4, 0.5) is 22.0 Å². The molecule has 0 fully saturated rings. The van der Waals surface area contributed by atoms with Crippen molar-refractivity contribution in [3.05, 3.63) is 71.8 Å². The van der Waals surface area contributed by atoms with Crippen LogP contribution in [-0.4, -0.2) is 33.0 Å². The van der Waals surface area contributed by atoms with E-state index in [1.165, 1.54) is 0 Å². The zero-order valence-corrected chi connectivity index (χ0v) is 15.7. The summed E-state index contributed by atoms with van der Waals surface area (Å²) in [6, 6.07) is 4.80. The highest BCUT2D eigenvalue weighted by molar-refractivity contribution is 5.81.